The van der Waals surface area contributed by atoms with Crippen LogP contribution in [0.25, 0.3) is 72.0 Å². The first-order chi connectivity index (χ1) is 42.2. The van der Waals surface area contributed by atoms with Gasteiger partial charge in [-0.05, 0) is 171 Å². The van der Waals surface area contributed by atoms with Crippen molar-refractivity contribution in [3.8, 4) is 50.2 Å². The van der Waals surface area contributed by atoms with E-state index in [1.165, 1.54) is 146 Å². The lowest BCUT2D eigenvalue weighted by atomic mass is 9.33. The average molecular weight is 1110 g/mol. The number of rotatable bonds is 16. The highest BCUT2D eigenvalue weighted by molar-refractivity contribution is 7.00. The summed E-state index contributed by atoms with van der Waals surface area (Å²) in [6, 6.07) is 92.7. The second-order valence-corrected chi connectivity index (χ2v) is 25.1. The number of para-hydroxylation sites is 2. The minimum Gasteiger partial charge on any atom is -0.311 e. The van der Waals surface area contributed by atoms with E-state index in [4.69, 9.17) is 0 Å². The minimum atomic E-state index is -0.220. The van der Waals surface area contributed by atoms with E-state index in [0.29, 0.717) is 0 Å². The molecule has 3 heterocycles. The Labute approximate surface area is 510 Å². The Balaban J connectivity index is 1.16. The molecule has 12 aromatic rings. The molecule has 14 rings (SSSR count). The van der Waals surface area contributed by atoms with Gasteiger partial charge in [0.1, 0.15) is 0 Å². The standard InChI is InChI=1S/C82H76BN3/c1-7-10-29-56-48-62(30-11-8-2)80(63(49-56)31-12-9-3)85-75-47-44-61(57-32-17-13-18-33-57)52-72(75)83-71-46-45-66(84-73-42-27-25-40-67(73)68-41-26-28-43-74(68)84)55-76(71)86(78-54-65(82(4,5)6)53-77(85)79(78)83)81-69(59-36-21-15-22-37-59)50-64(58-34-19-14-20-35-58)51-70(81)60-38-23-16-24-39-60/h13-28,32-55H,7-12,29-31H2,1-6H3. The molecule has 0 radical (unpaired) electrons. The normalized spacial score (nSPS) is 12.7. The minimum absolute atomic E-state index is 0.117. The monoisotopic (exact) mass is 1110 g/mol. The van der Waals surface area contributed by atoms with Crippen LogP contribution in [0.1, 0.15) is 102 Å². The lowest BCUT2D eigenvalue weighted by molar-refractivity contribution is 0.590. The molecule has 2 aliphatic heterocycles. The number of nitrogens with zero attached hydrogens (tertiary/aromatic N) is 3. The summed E-state index contributed by atoms with van der Waals surface area (Å²) in [5, 5.41) is 2.50. The Morgan fingerprint density at radius 3 is 1.36 bits per heavy atom. The van der Waals surface area contributed by atoms with Gasteiger partial charge in [-0.3, -0.25) is 0 Å². The van der Waals surface area contributed by atoms with Gasteiger partial charge in [-0.15, -0.1) is 0 Å². The summed E-state index contributed by atoms with van der Waals surface area (Å²) in [7, 11) is 0. The fourth-order valence-electron chi connectivity index (χ4n) is 14.2. The molecule has 4 heteroatoms. The number of aryl methyl sites for hydroxylation is 3. The van der Waals surface area contributed by atoms with Gasteiger partial charge in [0.05, 0.1) is 22.4 Å². The van der Waals surface area contributed by atoms with Gasteiger partial charge in [-0.25, -0.2) is 0 Å². The molecule has 422 valence electrons. The van der Waals surface area contributed by atoms with Crippen molar-refractivity contribution in [3.05, 3.63) is 265 Å². The molecule has 86 heavy (non-hydrogen) atoms. The van der Waals surface area contributed by atoms with Crippen LogP contribution in [0.2, 0.25) is 0 Å². The van der Waals surface area contributed by atoms with Gasteiger partial charge in [-0.1, -0.05) is 249 Å². The summed E-state index contributed by atoms with van der Waals surface area (Å²) >= 11 is 0. The SMILES string of the molecule is CCCCc1cc(CCCC)c(N2c3ccc(-c4ccccc4)cc3B3c4ccc(-n5c6ccccc6c6ccccc65)cc4N(c4c(-c5ccccc5)cc(-c5ccccc5)cc4-c4ccccc4)c4cc(C(C)(C)C)cc2c43)c(CCCC)c1. The molecule has 0 N–H and O–H groups in total. The first-order valence-corrected chi connectivity index (χ1v) is 31.8. The van der Waals surface area contributed by atoms with Crippen molar-refractivity contribution in [2.24, 2.45) is 0 Å². The van der Waals surface area contributed by atoms with Crippen LogP contribution in [0.15, 0.2) is 243 Å². The molecule has 0 bridgehead atoms. The number of benzene rings is 11. The number of hydrogen-bond donors (Lipinski definition) is 0. The van der Waals surface area contributed by atoms with E-state index in [1.807, 2.05) is 0 Å². The number of hydrogen-bond acceptors (Lipinski definition) is 2. The average Bonchev–Trinajstić information content (AvgIpc) is 0.776. The smallest absolute Gasteiger partial charge is 0.252 e. The maximum absolute atomic E-state index is 2.79. The van der Waals surface area contributed by atoms with Gasteiger partial charge >= 0.3 is 0 Å². The molecule has 0 spiro atoms. The zero-order valence-electron chi connectivity index (χ0n) is 50.9. The Hall–Kier alpha value is -9.12. The number of anilines is 6. The van der Waals surface area contributed by atoms with E-state index >= 15 is 0 Å². The second-order valence-electron chi connectivity index (χ2n) is 25.1. The van der Waals surface area contributed by atoms with Crippen molar-refractivity contribution in [3.63, 3.8) is 0 Å². The molecule has 0 saturated carbocycles. The fourth-order valence-corrected chi connectivity index (χ4v) is 14.2. The van der Waals surface area contributed by atoms with Gasteiger partial charge in [0.2, 0.25) is 0 Å². The Bertz CT molecular complexity index is 4310. The predicted octanol–water partition coefficient (Wildman–Crippen LogP) is 20.9. The van der Waals surface area contributed by atoms with Crippen molar-refractivity contribution < 1.29 is 0 Å². The van der Waals surface area contributed by atoms with Crippen molar-refractivity contribution in [1.82, 2.24) is 4.57 Å². The van der Waals surface area contributed by atoms with Crippen molar-refractivity contribution in [1.29, 1.82) is 0 Å². The van der Waals surface area contributed by atoms with Crippen molar-refractivity contribution in [2.45, 2.75) is 105 Å². The summed E-state index contributed by atoms with van der Waals surface area (Å²) in [5.74, 6) is 0. The maximum atomic E-state index is 2.79. The zero-order valence-corrected chi connectivity index (χ0v) is 50.9. The van der Waals surface area contributed by atoms with E-state index in [-0.39, 0.29) is 12.1 Å². The fraction of sp³-hybridized carbons (Fsp3) is 0.195. The summed E-state index contributed by atoms with van der Waals surface area (Å²) in [5.41, 5.74) is 30.0. The molecular weight excluding hydrogens is 1040 g/mol. The molecular formula is C82H76BN3. The van der Waals surface area contributed by atoms with Crippen LogP contribution in [0.5, 0.6) is 0 Å². The molecule has 2 aliphatic rings. The Morgan fingerprint density at radius 1 is 0.360 bits per heavy atom. The van der Waals surface area contributed by atoms with Gasteiger partial charge in [0, 0.05) is 50.3 Å². The van der Waals surface area contributed by atoms with Gasteiger partial charge in [0.15, 0.2) is 0 Å². The topological polar surface area (TPSA) is 11.4 Å². The molecule has 1 aromatic heterocycles. The highest BCUT2D eigenvalue weighted by Crippen LogP contribution is 2.53. The van der Waals surface area contributed by atoms with Crippen LogP contribution in [0.4, 0.5) is 34.1 Å². The summed E-state index contributed by atoms with van der Waals surface area (Å²) in [4.78, 5) is 5.53. The first kappa shape index (κ1) is 54.8. The first-order valence-electron chi connectivity index (χ1n) is 31.8. The van der Waals surface area contributed by atoms with Crippen LogP contribution < -0.4 is 26.2 Å². The largest absolute Gasteiger partial charge is 0.311 e. The van der Waals surface area contributed by atoms with Crippen LogP contribution in [0.3, 0.4) is 0 Å². The number of unbranched alkanes of at least 4 members (excludes halogenated alkanes) is 3. The third kappa shape index (κ3) is 9.74. The molecule has 3 nitrogen and oxygen atoms in total. The van der Waals surface area contributed by atoms with Gasteiger partial charge in [0.25, 0.3) is 6.71 Å². The van der Waals surface area contributed by atoms with Crippen LogP contribution in [-0.2, 0) is 24.7 Å². The summed E-state index contributed by atoms with van der Waals surface area (Å²) in [6.45, 7) is 14.2. The van der Waals surface area contributed by atoms with E-state index in [9.17, 15) is 0 Å². The van der Waals surface area contributed by atoms with Crippen LogP contribution in [-0.4, -0.2) is 11.3 Å². The highest BCUT2D eigenvalue weighted by Gasteiger charge is 2.46. The lowest BCUT2D eigenvalue weighted by Crippen LogP contribution is -2.61. The van der Waals surface area contributed by atoms with E-state index in [0.717, 1.165) is 56.3 Å². The third-order valence-corrected chi connectivity index (χ3v) is 18.4. The predicted molar refractivity (Wildman–Crippen MR) is 371 cm³/mol. The van der Waals surface area contributed by atoms with Gasteiger partial charge in [-0.2, -0.15) is 0 Å². The molecule has 0 atom stereocenters. The summed E-state index contributed by atoms with van der Waals surface area (Å²) < 4.78 is 2.51. The Morgan fingerprint density at radius 2 is 0.837 bits per heavy atom. The highest BCUT2D eigenvalue weighted by atomic mass is 15.2. The zero-order chi connectivity index (χ0) is 58.5. The molecule has 0 amide bonds. The molecule has 0 unspecified atom stereocenters. The molecule has 11 aromatic carbocycles. The van der Waals surface area contributed by atoms with Gasteiger partial charge < -0.3 is 14.4 Å². The second kappa shape index (κ2) is 23.0. The van der Waals surface area contributed by atoms with Crippen molar-refractivity contribution in [2.75, 3.05) is 9.80 Å². The van der Waals surface area contributed by atoms with Crippen LogP contribution >= 0.6 is 0 Å². The molecule has 0 aliphatic carbocycles. The lowest BCUT2D eigenvalue weighted by Gasteiger charge is -2.46. The third-order valence-electron chi connectivity index (χ3n) is 18.4. The van der Waals surface area contributed by atoms with Crippen molar-refractivity contribution >= 4 is 79.0 Å². The molecule has 0 saturated heterocycles. The maximum Gasteiger partial charge on any atom is 0.252 e. The Kier molecular flexibility index (Phi) is 14.7. The quantitative estimate of drug-likeness (QED) is 0.0894. The molecule has 0 fully saturated rings. The van der Waals surface area contributed by atoms with Crippen LogP contribution in [0, 0.1) is 0 Å². The van der Waals surface area contributed by atoms with E-state index in [2.05, 4.69) is 299 Å². The van der Waals surface area contributed by atoms with E-state index < -0.39 is 0 Å². The summed E-state index contributed by atoms with van der Waals surface area (Å²) in [6.07, 6.45) is 10.1. The number of aromatic nitrogens is 1. The van der Waals surface area contributed by atoms with E-state index in [1.54, 1.807) is 0 Å². The number of fused-ring (bicyclic) bond motifs is 7.